The maximum atomic E-state index is 12.2. The Balaban J connectivity index is 1.93. The van der Waals surface area contributed by atoms with Crippen molar-refractivity contribution in [1.29, 1.82) is 0 Å². The molecule has 1 fully saturated rings. The lowest BCUT2D eigenvalue weighted by molar-refractivity contribution is 0.0169. The molecule has 1 saturated heterocycles. The highest BCUT2D eigenvalue weighted by atomic mass is 16.5. The van der Waals surface area contributed by atoms with Gasteiger partial charge in [-0.05, 0) is 45.2 Å². The number of amides is 1. The van der Waals surface area contributed by atoms with Crippen LogP contribution >= 0.6 is 0 Å². The maximum absolute atomic E-state index is 12.2. The third-order valence-corrected chi connectivity index (χ3v) is 3.34. The highest BCUT2D eigenvalue weighted by Gasteiger charge is 2.15. The summed E-state index contributed by atoms with van der Waals surface area (Å²) in [4.78, 5) is 16.5. The summed E-state index contributed by atoms with van der Waals surface area (Å²) < 4.78 is 5.61. The molecule has 0 aliphatic carbocycles. The first-order chi connectivity index (χ1) is 9.69. The van der Waals surface area contributed by atoms with E-state index < -0.39 is 0 Å². The van der Waals surface area contributed by atoms with Crippen molar-refractivity contribution in [1.82, 2.24) is 10.3 Å². The summed E-state index contributed by atoms with van der Waals surface area (Å²) in [6, 6.07) is 3.59. The number of aryl methyl sites for hydroxylation is 1. The number of pyridine rings is 1. The second-order valence-electron chi connectivity index (χ2n) is 5.11. The number of nitrogens with zero attached hydrogens (tertiary/aromatic N) is 1. The molecule has 1 atom stereocenters. The molecule has 0 aromatic carbocycles. The van der Waals surface area contributed by atoms with Crippen molar-refractivity contribution in [2.24, 2.45) is 0 Å². The van der Waals surface area contributed by atoms with E-state index in [0.717, 1.165) is 37.5 Å². The van der Waals surface area contributed by atoms with Crippen LogP contribution in [0.25, 0.3) is 0 Å². The smallest absolute Gasteiger partial charge is 0.251 e. The summed E-state index contributed by atoms with van der Waals surface area (Å²) in [6.07, 6.45) is 3.49. The predicted molar refractivity (Wildman–Crippen MR) is 79.1 cm³/mol. The Kier molecular flexibility index (Phi) is 5.35. The zero-order valence-corrected chi connectivity index (χ0v) is 12.2. The van der Waals surface area contributed by atoms with Gasteiger partial charge in [0.1, 0.15) is 5.82 Å². The van der Waals surface area contributed by atoms with Crippen LogP contribution in [0.5, 0.6) is 0 Å². The van der Waals surface area contributed by atoms with Crippen molar-refractivity contribution in [2.45, 2.75) is 39.2 Å². The van der Waals surface area contributed by atoms with Gasteiger partial charge in [-0.1, -0.05) is 0 Å². The van der Waals surface area contributed by atoms with Crippen molar-refractivity contribution in [3.63, 3.8) is 0 Å². The molecule has 0 radical (unpaired) electrons. The molecule has 20 heavy (non-hydrogen) atoms. The molecule has 0 spiro atoms. The summed E-state index contributed by atoms with van der Waals surface area (Å²) in [5, 5.41) is 6.08. The van der Waals surface area contributed by atoms with Gasteiger partial charge in [0, 0.05) is 31.0 Å². The molecule has 110 valence electrons. The normalized spacial score (nSPS) is 18.6. The van der Waals surface area contributed by atoms with Crippen LogP contribution in [0.4, 0.5) is 5.82 Å². The number of aromatic nitrogens is 1. The Labute approximate surface area is 120 Å². The third kappa shape index (κ3) is 4.20. The standard InChI is InChI=1S/C15H23N3O2/c1-3-16-14-9-12(8-11(2)18-14)15(19)17-10-13-6-4-5-7-20-13/h8-9,13H,3-7,10H2,1-2H3,(H,16,18)(H,17,19). The van der Waals surface area contributed by atoms with E-state index in [1.165, 1.54) is 6.42 Å². The number of ether oxygens (including phenoxy) is 1. The van der Waals surface area contributed by atoms with E-state index in [0.29, 0.717) is 12.1 Å². The van der Waals surface area contributed by atoms with Crippen molar-refractivity contribution in [3.8, 4) is 0 Å². The van der Waals surface area contributed by atoms with Crippen LogP contribution in [-0.2, 0) is 4.74 Å². The van der Waals surface area contributed by atoms with Gasteiger partial charge in [0.15, 0.2) is 0 Å². The van der Waals surface area contributed by atoms with Gasteiger partial charge in [-0.25, -0.2) is 4.98 Å². The van der Waals surface area contributed by atoms with E-state index in [4.69, 9.17) is 4.74 Å². The fourth-order valence-corrected chi connectivity index (χ4v) is 2.35. The van der Waals surface area contributed by atoms with Crippen molar-refractivity contribution in [2.75, 3.05) is 25.0 Å². The lowest BCUT2D eigenvalue weighted by Gasteiger charge is -2.22. The van der Waals surface area contributed by atoms with Crippen LogP contribution in [0.1, 0.15) is 42.2 Å². The van der Waals surface area contributed by atoms with Crippen molar-refractivity contribution < 1.29 is 9.53 Å². The average molecular weight is 277 g/mol. The molecule has 1 unspecified atom stereocenters. The number of carbonyl (C=O) groups is 1. The molecular formula is C15H23N3O2. The molecular weight excluding hydrogens is 254 g/mol. The van der Waals surface area contributed by atoms with Crippen molar-refractivity contribution >= 4 is 11.7 Å². The number of rotatable bonds is 5. The monoisotopic (exact) mass is 277 g/mol. The van der Waals surface area contributed by atoms with Gasteiger partial charge in [-0.15, -0.1) is 0 Å². The second kappa shape index (κ2) is 7.24. The summed E-state index contributed by atoms with van der Waals surface area (Å²) in [5.74, 6) is 0.676. The Bertz CT molecular complexity index is 456. The van der Waals surface area contributed by atoms with E-state index in [9.17, 15) is 4.79 Å². The first-order valence-corrected chi connectivity index (χ1v) is 7.31. The van der Waals surface area contributed by atoms with E-state index in [-0.39, 0.29) is 12.0 Å². The first-order valence-electron chi connectivity index (χ1n) is 7.31. The molecule has 2 N–H and O–H groups in total. The zero-order chi connectivity index (χ0) is 14.4. The highest BCUT2D eigenvalue weighted by Crippen LogP contribution is 2.13. The van der Waals surface area contributed by atoms with Crippen molar-refractivity contribution in [3.05, 3.63) is 23.4 Å². The van der Waals surface area contributed by atoms with E-state index in [1.54, 1.807) is 12.1 Å². The highest BCUT2D eigenvalue weighted by molar-refractivity contribution is 5.95. The number of nitrogens with one attached hydrogen (secondary N) is 2. The lowest BCUT2D eigenvalue weighted by Crippen LogP contribution is -2.35. The van der Waals surface area contributed by atoms with Crippen LogP contribution in [0.2, 0.25) is 0 Å². The number of hydrogen-bond acceptors (Lipinski definition) is 4. The fourth-order valence-electron chi connectivity index (χ4n) is 2.35. The average Bonchev–Trinajstić information content (AvgIpc) is 2.45. The van der Waals surface area contributed by atoms with E-state index in [1.807, 2.05) is 13.8 Å². The van der Waals surface area contributed by atoms with Crippen LogP contribution in [0.3, 0.4) is 0 Å². The summed E-state index contributed by atoms with van der Waals surface area (Å²) in [6.45, 7) is 6.07. The molecule has 0 bridgehead atoms. The molecule has 2 heterocycles. The number of carbonyl (C=O) groups excluding carboxylic acids is 1. The summed E-state index contributed by atoms with van der Waals surface area (Å²) in [7, 11) is 0. The summed E-state index contributed by atoms with van der Waals surface area (Å²) in [5.41, 5.74) is 1.48. The van der Waals surface area contributed by atoms with Crippen LogP contribution < -0.4 is 10.6 Å². The quantitative estimate of drug-likeness (QED) is 0.865. The Morgan fingerprint density at radius 2 is 2.30 bits per heavy atom. The van der Waals surface area contributed by atoms with Crippen LogP contribution in [0, 0.1) is 6.92 Å². The topological polar surface area (TPSA) is 63.2 Å². The van der Waals surface area contributed by atoms with Gasteiger partial charge >= 0.3 is 0 Å². The molecule has 1 aromatic rings. The molecule has 5 heteroatoms. The van der Waals surface area contributed by atoms with Gasteiger partial charge in [-0.3, -0.25) is 4.79 Å². The maximum Gasteiger partial charge on any atom is 0.251 e. The van der Waals surface area contributed by atoms with E-state index in [2.05, 4.69) is 15.6 Å². The minimum atomic E-state index is -0.0659. The molecule has 2 rings (SSSR count). The van der Waals surface area contributed by atoms with Gasteiger partial charge < -0.3 is 15.4 Å². The van der Waals surface area contributed by atoms with Crippen LogP contribution in [0.15, 0.2) is 12.1 Å². The Hall–Kier alpha value is -1.62. The zero-order valence-electron chi connectivity index (χ0n) is 12.2. The molecule has 5 nitrogen and oxygen atoms in total. The predicted octanol–water partition coefficient (Wildman–Crippen LogP) is 2.12. The molecule has 1 aromatic heterocycles. The van der Waals surface area contributed by atoms with E-state index >= 15 is 0 Å². The minimum absolute atomic E-state index is 0.0659. The SMILES string of the molecule is CCNc1cc(C(=O)NCC2CCCCO2)cc(C)n1. The summed E-state index contributed by atoms with van der Waals surface area (Å²) >= 11 is 0. The number of anilines is 1. The Morgan fingerprint density at radius 1 is 1.45 bits per heavy atom. The Morgan fingerprint density at radius 3 is 3.00 bits per heavy atom. The number of hydrogen-bond donors (Lipinski definition) is 2. The van der Waals surface area contributed by atoms with Crippen LogP contribution in [-0.4, -0.2) is 36.7 Å². The second-order valence-corrected chi connectivity index (χ2v) is 5.11. The molecule has 1 amide bonds. The molecule has 1 aliphatic rings. The first kappa shape index (κ1) is 14.8. The minimum Gasteiger partial charge on any atom is -0.376 e. The fraction of sp³-hybridized carbons (Fsp3) is 0.600. The van der Waals surface area contributed by atoms with Gasteiger partial charge in [0.25, 0.3) is 5.91 Å². The third-order valence-electron chi connectivity index (χ3n) is 3.34. The van der Waals surface area contributed by atoms with Gasteiger partial charge in [0.05, 0.1) is 6.10 Å². The van der Waals surface area contributed by atoms with Gasteiger partial charge in [-0.2, -0.15) is 0 Å². The molecule has 0 saturated carbocycles. The lowest BCUT2D eigenvalue weighted by atomic mass is 10.1. The van der Waals surface area contributed by atoms with Gasteiger partial charge in [0.2, 0.25) is 0 Å². The largest absolute Gasteiger partial charge is 0.376 e. The molecule has 1 aliphatic heterocycles.